The molecule has 0 spiro atoms. The maximum Gasteiger partial charge on any atom is 0.323 e. The number of aromatic nitrogens is 4. The first-order valence-electron chi connectivity index (χ1n) is 5.95. The minimum atomic E-state index is -0.0227. The van der Waals surface area contributed by atoms with E-state index in [4.69, 9.17) is 10.5 Å². The Balaban J connectivity index is 2.05. The Morgan fingerprint density at radius 1 is 1.26 bits per heavy atom. The molecule has 19 heavy (non-hydrogen) atoms. The first-order valence-corrected chi connectivity index (χ1v) is 5.95. The Kier molecular flexibility index (Phi) is 4.07. The van der Waals surface area contributed by atoms with E-state index in [9.17, 15) is 0 Å². The highest BCUT2D eigenvalue weighted by Gasteiger charge is 2.07. The van der Waals surface area contributed by atoms with Crippen molar-refractivity contribution in [3.8, 4) is 6.01 Å². The van der Waals surface area contributed by atoms with Gasteiger partial charge in [-0.1, -0.05) is 6.07 Å². The predicted octanol–water partition coefficient (Wildman–Crippen LogP) is 1.25. The number of ether oxygens (including phenoxy) is 1. The molecule has 2 aromatic heterocycles. The van der Waals surface area contributed by atoms with Gasteiger partial charge in [-0.05, 0) is 26.0 Å². The third-order valence-corrected chi connectivity index (χ3v) is 2.13. The van der Waals surface area contributed by atoms with Gasteiger partial charge in [-0.25, -0.2) is 0 Å². The summed E-state index contributed by atoms with van der Waals surface area (Å²) in [7, 11) is 0. The molecule has 0 atom stereocenters. The lowest BCUT2D eigenvalue weighted by atomic mass is 10.3. The number of nitrogen functional groups attached to an aromatic ring is 1. The van der Waals surface area contributed by atoms with E-state index in [2.05, 4.69) is 25.3 Å². The number of pyridine rings is 1. The van der Waals surface area contributed by atoms with Gasteiger partial charge in [0.2, 0.25) is 11.9 Å². The maximum absolute atomic E-state index is 5.61. The van der Waals surface area contributed by atoms with Gasteiger partial charge in [0.05, 0.1) is 18.3 Å². The van der Waals surface area contributed by atoms with Crippen LogP contribution >= 0.6 is 0 Å². The van der Waals surface area contributed by atoms with Crippen molar-refractivity contribution in [2.75, 3.05) is 11.1 Å². The molecule has 0 fully saturated rings. The van der Waals surface area contributed by atoms with Crippen LogP contribution in [0.15, 0.2) is 24.4 Å². The molecule has 3 N–H and O–H groups in total. The second-order valence-electron chi connectivity index (χ2n) is 4.14. The van der Waals surface area contributed by atoms with Crippen molar-refractivity contribution < 1.29 is 4.74 Å². The zero-order valence-corrected chi connectivity index (χ0v) is 10.9. The normalized spacial score (nSPS) is 10.5. The van der Waals surface area contributed by atoms with E-state index in [-0.39, 0.29) is 18.1 Å². The molecule has 0 aromatic carbocycles. The quantitative estimate of drug-likeness (QED) is 0.834. The molecular formula is C12H16N6O. The molecule has 2 rings (SSSR count). The summed E-state index contributed by atoms with van der Waals surface area (Å²) in [5, 5.41) is 3.03. The average molecular weight is 260 g/mol. The van der Waals surface area contributed by atoms with E-state index < -0.39 is 0 Å². The third kappa shape index (κ3) is 4.06. The number of nitrogens with two attached hydrogens (primary N) is 1. The van der Waals surface area contributed by atoms with Gasteiger partial charge in [-0.3, -0.25) is 4.98 Å². The lowest BCUT2D eigenvalue weighted by molar-refractivity contribution is 0.222. The van der Waals surface area contributed by atoms with Crippen LogP contribution in [0, 0.1) is 0 Å². The van der Waals surface area contributed by atoms with Crippen molar-refractivity contribution >= 4 is 11.9 Å². The highest BCUT2D eigenvalue weighted by molar-refractivity contribution is 5.33. The number of nitrogens with one attached hydrogen (secondary N) is 1. The number of hydrogen-bond acceptors (Lipinski definition) is 7. The van der Waals surface area contributed by atoms with Crippen LogP contribution in [-0.2, 0) is 6.54 Å². The summed E-state index contributed by atoms with van der Waals surface area (Å²) in [6.07, 6.45) is 1.71. The summed E-state index contributed by atoms with van der Waals surface area (Å²) in [5.74, 6) is 0.489. The first-order chi connectivity index (χ1) is 9.13. The Morgan fingerprint density at radius 3 is 2.79 bits per heavy atom. The zero-order valence-electron chi connectivity index (χ0n) is 10.9. The van der Waals surface area contributed by atoms with Crippen LogP contribution < -0.4 is 15.8 Å². The number of rotatable bonds is 5. The van der Waals surface area contributed by atoms with Crippen molar-refractivity contribution in [2.24, 2.45) is 0 Å². The lowest BCUT2D eigenvalue weighted by Crippen LogP contribution is -2.13. The Bertz CT molecular complexity index is 531. The fraction of sp³-hybridized carbons (Fsp3) is 0.333. The molecule has 7 nitrogen and oxygen atoms in total. The van der Waals surface area contributed by atoms with Gasteiger partial charge >= 0.3 is 6.01 Å². The second-order valence-corrected chi connectivity index (χ2v) is 4.14. The monoisotopic (exact) mass is 260 g/mol. The first kappa shape index (κ1) is 13.0. The summed E-state index contributed by atoms with van der Waals surface area (Å²) >= 11 is 0. The molecule has 0 aliphatic rings. The Hall–Kier alpha value is -2.44. The SMILES string of the molecule is CC(C)Oc1nc(N)nc(NCc2ccccn2)n1. The van der Waals surface area contributed by atoms with Gasteiger partial charge in [-0.2, -0.15) is 15.0 Å². The van der Waals surface area contributed by atoms with Crippen LogP contribution in [0.3, 0.4) is 0 Å². The third-order valence-electron chi connectivity index (χ3n) is 2.13. The predicted molar refractivity (Wildman–Crippen MR) is 71.6 cm³/mol. The van der Waals surface area contributed by atoms with Crippen molar-refractivity contribution in [2.45, 2.75) is 26.5 Å². The topological polar surface area (TPSA) is 98.8 Å². The molecule has 0 radical (unpaired) electrons. The minimum Gasteiger partial charge on any atom is -0.461 e. The highest BCUT2D eigenvalue weighted by atomic mass is 16.5. The second kappa shape index (κ2) is 5.94. The van der Waals surface area contributed by atoms with Gasteiger partial charge in [-0.15, -0.1) is 0 Å². The largest absolute Gasteiger partial charge is 0.461 e. The van der Waals surface area contributed by atoms with Gasteiger partial charge < -0.3 is 15.8 Å². The number of nitrogens with zero attached hydrogens (tertiary/aromatic N) is 4. The van der Waals surface area contributed by atoms with E-state index >= 15 is 0 Å². The molecule has 0 amide bonds. The van der Waals surface area contributed by atoms with Gasteiger partial charge in [0, 0.05) is 6.20 Å². The summed E-state index contributed by atoms with van der Waals surface area (Å²) in [6.45, 7) is 4.29. The van der Waals surface area contributed by atoms with Crippen molar-refractivity contribution in [3.05, 3.63) is 30.1 Å². The van der Waals surface area contributed by atoms with Crippen molar-refractivity contribution in [3.63, 3.8) is 0 Å². The fourth-order valence-electron chi connectivity index (χ4n) is 1.39. The Labute approximate surface area is 111 Å². The molecule has 100 valence electrons. The van der Waals surface area contributed by atoms with Crippen LogP contribution in [-0.4, -0.2) is 26.0 Å². The fourth-order valence-corrected chi connectivity index (χ4v) is 1.39. The average Bonchev–Trinajstić information content (AvgIpc) is 2.36. The molecule has 0 unspecified atom stereocenters. The maximum atomic E-state index is 5.61. The van der Waals surface area contributed by atoms with Crippen LogP contribution in [0.2, 0.25) is 0 Å². The van der Waals surface area contributed by atoms with E-state index in [0.29, 0.717) is 12.5 Å². The van der Waals surface area contributed by atoms with Crippen molar-refractivity contribution in [1.82, 2.24) is 19.9 Å². The summed E-state index contributed by atoms with van der Waals surface area (Å²) < 4.78 is 5.39. The van der Waals surface area contributed by atoms with Crippen LogP contribution in [0.4, 0.5) is 11.9 Å². The van der Waals surface area contributed by atoms with Gasteiger partial charge in [0.1, 0.15) is 0 Å². The summed E-state index contributed by atoms with van der Waals surface area (Å²) in [6, 6.07) is 5.90. The molecule has 7 heteroatoms. The molecule has 0 aliphatic carbocycles. The van der Waals surface area contributed by atoms with Crippen LogP contribution in [0.5, 0.6) is 6.01 Å². The number of anilines is 2. The summed E-state index contributed by atoms with van der Waals surface area (Å²) in [5.41, 5.74) is 6.49. The van der Waals surface area contributed by atoms with E-state index in [1.807, 2.05) is 32.0 Å². The molecule has 0 aliphatic heterocycles. The highest BCUT2D eigenvalue weighted by Crippen LogP contribution is 2.11. The molecule has 2 heterocycles. The van der Waals surface area contributed by atoms with E-state index in [1.54, 1.807) is 6.20 Å². The molecule has 0 bridgehead atoms. The van der Waals surface area contributed by atoms with Gasteiger partial charge in [0.15, 0.2) is 0 Å². The molecule has 2 aromatic rings. The van der Waals surface area contributed by atoms with E-state index in [0.717, 1.165) is 5.69 Å². The summed E-state index contributed by atoms with van der Waals surface area (Å²) in [4.78, 5) is 16.2. The Morgan fingerprint density at radius 2 is 2.11 bits per heavy atom. The van der Waals surface area contributed by atoms with Crippen LogP contribution in [0.1, 0.15) is 19.5 Å². The van der Waals surface area contributed by atoms with Crippen LogP contribution in [0.25, 0.3) is 0 Å². The zero-order chi connectivity index (χ0) is 13.7. The van der Waals surface area contributed by atoms with Crippen molar-refractivity contribution in [1.29, 1.82) is 0 Å². The smallest absolute Gasteiger partial charge is 0.323 e. The molecular weight excluding hydrogens is 244 g/mol. The standard InChI is InChI=1S/C12H16N6O/c1-8(2)19-12-17-10(13)16-11(18-12)15-7-9-5-3-4-6-14-9/h3-6,8H,7H2,1-2H3,(H3,13,15,16,17,18). The number of hydrogen-bond donors (Lipinski definition) is 2. The molecule has 0 saturated carbocycles. The van der Waals surface area contributed by atoms with E-state index in [1.165, 1.54) is 0 Å². The lowest BCUT2D eigenvalue weighted by Gasteiger charge is -2.09. The molecule has 0 saturated heterocycles. The minimum absolute atomic E-state index is 0.0227. The van der Waals surface area contributed by atoms with Gasteiger partial charge in [0.25, 0.3) is 0 Å².